The maximum atomic E-state index is 12.8. The predicted octanol–water partition coefficient (Wildman–Crippen LogP) is 18.9. The SMILES string of the molecule is CC/C=C\C/C=C\C/C=C\C/C=C\CCCCCCCCCCCCCCCCCCCCC(=O)OC(COC(=O)CCCCCCCCC/C=C\C/C=C\CCCCCC)COP(=O)(O)OCC[N+](C)(C)C. The van der Waals surface area contributed by atoms with Gasteiger partial charge in [0.05, 0.1) is 27.7 Å². The second kappa shape index (κ2) is 54.2. The summed E-state index contributed by atoms with van der Waals surface area (Å²) < 4.78 is 34.6. The minimum Gasteiger partial charge on any atom is -0.462 e. The maximum Gasteiger partial charge on any atom is 0.472 e. The normalized spacial score (nSPS) is 13.8. The summed E-state index contributed by atoms with van der Waals surface area (Å²) in [7, 11) is 1.47. The van der Waals surface area contributed by atoms with E-state index in [-0.39, 0.29) is 32.0 Å². The van der Waals surface area contributed by atoms with Gasteiger partial charge in [0.15, 0.2) is 6.10 Å². The van der Waals surface area contributed by atoms with Crippen LogP contribution < -0.4 is 0 Å². The number of carbonyl (C=O) groups is 2. The molecule has 0 radical (unpaired) electrons. The average Bonchev–Trinajstić information content (AvgIpc) is 3.35. The number of hydrogen-bond acceptors (Lipinski definition) is 7. The van der Waals surface area contributed by atoms with Crippen LogP contribution in [0.1, 0.15) is 264 Å². The first-order chi connectivity index (χ1) is 35.5. The third kappa shape index (κ3) is 58.6. The molecule has 2 unspecified atom stereocenters. The number of carbonyl (C=O) groups excluding carboxylic acids is 2. The van der Waals surface area contributed by atoms with Crippen molar-refractivity contribution in [3.63, 3.8) is 0 Å². The molecule has 2 atom stereocenters. The minimum absolute atomic E-state index is 0.0293. The molecule has 0 aromatic heterocycles. The molecule has 0 amide bonds. The van der Waals surface area contributed by atoms with Gasteiger partial charge < -0.3 is 18.9 Å². The largest absolute Gasteiger partial charge is 0.472 e. The van der Waals surface area contributed by atoms with E-state index in [1.54, 1.807) is 0 Å². The van der Waals surface area contributed by atoms with Crippen LogP contribution in [-0.2, 0) is 32.7 Å². The Morgan fingerprint density at radius 3 is 1.16 bits per heavy atom. The van der Waals surface area contributed by atoms with Crippen LogP contribution in [-0.4, -0.2) is 74.9 Å². The van der Waals surface area contributed by atoms with Gasteiger partial charge >= 0.3 is 19.8 Å². The second-order valence-electron chi connectivity index (χ2n) is 21.4. The van der Waals surface area contributed by atoms with Gasteiger partial charge in [-0.1, -0.05) is 241 Å². The molecule has 10 heteroatoms. The number of likely N-dealkylation sites (N-methyl/N-ethyl adjacent to an activating group) is 1. The quantitative estimate of drug-likeness (QED) is 0.0211. The Hall–Kier alpha value is -2.55. The molecule has 0 fully saturated rings. The van der Waals surface area contributed by atoms with Crippen molar-refractivity contribution in [1.29, 1.82) is 0 Å². The monoisotopic (exact) mass is 1040 g/mol. The lowest BCUT2D eigenvalue weighted by atomic mass is 10.0. The third-order valence-corrected chi connectivity index (χ3v) is 14.0. The van der Waals surface area contributed by atoms with Crippen LogP contribution in [0, 0.1) is 0 Å². The van der Waals surface area contributed by atoms with Crippen LogP contribution >= 0.6 is 7.82 Å². The Morgan fingerprint density at radius 1 is 0.438 bits per heavy atom. The highest BCUT2D eigenvalue weighted by molar-refractivity contribution is 7.47. The molecule has 424 valence electrons. The smallest absolute Gasteiger partial charge is 0.462 e. The first kappa shape index (κ1) is 70.5. The standard InChI is InChI=1S/C63H114NO8P/c1-6-8-10-12-14-16-18-20-22-24-26-27-28-29-30-31-32-33-34-35-36-37-38-40-42-44-46-48-50-52-54-56-63(66)72-61(60-71-73(67,68)70-58-57-64(3,4)5)59-69-62(65)55-53-51-49-47-45-43-41-39-25-23-21-19-17-15-13-11-9-7-2/h8,10,14,16-17,19-20,22-23,25-27,61H,6-7,9,11-13,15,18,21,24,28-60H2,1-5H3/p+1/b10-8-,16-14-,19-17-,22-20-,25-23-,27-26-. The Labute approximate surface area is 450 Å². The van der Waals surface area contributed by atoms with Gasteiger partial charge in [-0.15, -0.1) is 0 Å². The van der Waals surface area contributed by atoms with Gasteiger partial charge in [0.2, 0.25) is 0 Å². The van der Waals surface area contributed by atoms with E-state index in [0.717, 1.165) is 77.0 Å². The molecule has 0 aliphatic carbocycles. The van der Waals surface area contributed by atoms with Gasteiger partial charge in [0, 0.05) is 12.8 Å². The van der Waals surface area contributed by atoms with Crippen molar-refractivity contribution in [2.24, 2.45) is 0 Å². The Bertz CT molecular complexity index is 1460. The number of nitrogens with zero attached hydrogens (tertiary/aromatic N) is 1. The van der Waals surface area contributed by atoms with Crippen molar-refractivity contribution in [2.75, 3.05) is 47.5 Å². The zero-order valence-corrected chi connectivity index (χ0v) is 49.0. The predicted molar refractivity (Wildman–Crippen MR) is 312 cm³/mol. The molecular formula is C63H115NO8P+. The molecule has 0 spiro atoms. The van der Waals surface area contributed by atoms with Crippen LogP contribution in [0.5, 0.6) is 0 Å². The van der Waals surface area contributed by atoms with E-state index in [1.807, 2.05) is 21.1 Å². The van der Waals surface area contributed by atoms with E-state index >= 15 is 0 Å². The van der Waals surface area contributed by atoms with E-state index in [0.29, 0.717) is 17.4 Å². The number of rotatable bonds is 55. The van der Waals surface area contributed by atoms with E-state index in [2.05, 4.69) is 86.8 Å². The Kier molecular flexibility index (Phi) is 52.4. The van der Waals surface area contributed by atoms with Crippen LogP contribution in [0.4, 0.5) is 0 Å². The van der Waals surface area contributed by atoms with E-state index in [4.69, 9.17) is 18.5 Å². The van der Waals surface area contributed by atoms with Gasteiger partial charge in [0.1, 0.15) is 19.8 Å². The first-order valence-corrected chi connectivity index (χ1v) is 31.7. The fourth-order valence-electron chi connectivity index (χ4n) is 8.33. The van der Waals surface area contributed by atoms with E-state index < -0.39 is 26.5 Å². The molecule has 1 N–H and O–H groups in total. The van der Waals surface area contributed by atoms with Crippen LogP contribution in [0.2, 0.25) is 0 Å². The summed E-state index contributed by atoms with van der Waals surface area (Å²) in [5.74, 6) is -0.799. The molecule has 73 heavy (non-hydrogen) atoms. The lowest BCUT2D eigenvalue weighted by molar-refractivity contribution is -0.870. The van der Waals surface area contributed by atoms with Crippen molar-refractivity contribution in [1.82, 2.24) is 0 Å². The first-order valence-electron chi connectivity index (χ1n) is 30.2. The third-order valence-electron chi connectivity index (χ3n) is 13.0. The van der Waals surface area contributed by atoms with Crippen molar-refractivity contribution in [3.05, 3.63) is 72.9 Å². The maximum absolute atomic E-state index is 12.8. The van der Waals surface area contributed by atoms with Crippen molar-refractivity contribution in [2.45, 2.75) is 270 Å². The highest BCUT2D eigenvalue weighted by atomic mass is 31.2. The molecule has 0 bridgehead atoms. The fourth-order valence-corrected chi connectivity index (χ4v) is 9.07. The number of allylic oxidation sites excluding steroid dienone is 12. The number of hydrogen-bond donors (Lipinski definition) is 1. The molecule has 0 aromatic rings. The van der Waals surface area contributed by atoms with E-state index in [1.165, 1.54) is 154 Å². The molecule has 0 aromatic carbocycles. The summed E-state index contributed by atoms with van der Waals surface area (Å²) in [6.07, 6.45) is 71.2. The molecule has 0 aliphatic heterocycles. The summed E-state index contributed by atoms with van der Waals surface area (Å²) in [5.41, 5.74) is 0. The summed E-state index contributed by atoms with van der Waals surface area (Å²) >= 11 is 0. The number of unbranched alkanes of at least 4 members (excludes halogenated alkanes) is 29. The summed E-state index contributed by atoms with van der Waals surface area (Å²) in [6, 6.07) is 0. The highest BCUT2D eigenvalue weighted by Gasteiger charge is 2.27. The van der Waals surface area contributed by atoms with Gasteiger partial charge in [-0.2, -0.15) is 0 Å². The second-order valence-corrected chi connectivity index (χ2v) is 22.8. The molecule has 9 nitrogen and oxygen atoms in total. The van der Waals surface area contributed by atoms with Gasteiger partial charge in [0.25, 0.3) is 0 Å². The molecule has 0 rings (SSSR count). The zero-order chi connectivity index (χ0) is 53.5. The van der Waals surface area contributed by atoms with Crippen LogP contribution in [0.3, 0.4) is 0 Å². The summed E-state index contributed by atoms with van der Waals surface area (Å²) in [6.45, 7) is 4.32. The molecule has 0 saturated heterocycles. The number of quaternary nitrogens is 1. The zero-order valence-electron chi connectivity index (χ0n) is 48.1. The minimum atomic E-state index is -4.39. The lowest BCUT2D eigenvalue weighted by Crippen LogP contribution is -2.37. The summed E-state index contributed by atoms with van der Waals surface area (Å²) in [4.78, 5) is 35.7. The van der Waals surface area contributed by atoms with Gasteiger partial charge in [-0.3, -0.25) is 18.6 Å². The van der Waals surface area contributed by atoms with Crippen molar-refractivity contribution >= 4 is 19.8 Å². The summed E-state index contributed by atoms with van der Waals surface area (Å²) in [5, 5.41) is 0. The Morgan fingerprint density at radius 2 is 0.781 bits per heavy atom. The molecular weight excluding hydrogens is 930 g/mol. The Balaban J connectivity index is 4.08. The van der Waals surface area contributed by atoms with Crippen LogP contribution in [0.25, 0.3) is 0 Å². The number of esters is 2. The van der Waals surface area contributed by atoms with Gasteiger partial charge in [-0.05, 0) is 83.5 Å². The molecule has 0 saturated carbocycles. The molecule has 0 aliphatic rings. The number of phosphoric ester groups is 1. The fraction of sp³-hybridized carbons (Fsp3) is 0.778. The van der Waals surface area contributed by atoms with Crippen molar-refractivity contribution in [3.8, 4) is 0 Å². The van der Waals surface area contributed by atoms with Crippen LogP contribution in [0.15, 0.2) is 72.9 Å². The van der Waals surface area contributed by atoms with Gasteiger partial charge in [-0.25, -0.2) is 4.57 Å². The number of phosphoric acid groups is 1. The highest BCUT2D eigenvalue weighted by Crippen LogP contribution is 2.43. The molecule has 0 heterocycles. The van der Waals surface area contributed by atoms with Crippen molar-refractivity contribution < 1.29 is 42.1 Å². The number of ether oxygens (including phenoxy) is 2. The van der Waals surface area contributed by atoms with E-state index in [9.17, 15) is 19.0 Å². The lowest BCUT2D eigenvalue weighted by Gasteiger charge is -2.24. The topological polar surface area (TPSA) is 108 Å². The average molecular weight is 1050 g/mol.